The van der Waals surface area contributed by atoms with E-state index in [2.05, 4.69) is 16.9 Å². The number of rotatable bonds is 4. The second kappa shape index (κ2) is 6.22. The van der Waals surface area contributed by atoms with Gasteiger partial charge in [0, 0.05) is 16.8 Å². The maximum absolute atomic E-state index is 13.9. The zero-order valence-electron chi connectivity index (χ0n) is 11.6. The summed E-state index contributed by atoms with van der Waals surface area (Å²) in [6, 6.07) is 6.35. The lowest BCUT2D eigenvalue weighted by molar-refractivity contribution is 0.390. The van der Waals surface area contributed by atoms with Crippen LogP contribution in [0.2, 0.25) is 0 Å². The van der Waals surface area contributed by atoms with E-state index in [0.717, 1.165) is 25.3 Å². The van der Waals surface area contributed by atoms with Gasteiger partial charge in [0.2, 0.25) is 0 Å². The molecular formula is C16H18F2N2S. The molecule has 1 heterocycles. The molecule has 0 saturated carbocycles. The number of hydrazine groups is 1. The Morgan fingerprint density at radius 1 is 1.33 bits per heavy atom. The molecule has 0 amide bonds. The third kappa shape index (κ3) is 2.86. The van der Waals surface area contributed by atoms with Crippen molar-refractivity contribution in [2.75, 3.05) is 0 Å². The summed E-state index contributed by atoms with van der Waals surface area (Å²) in [4.78, 5) is 1.39. The van der Waals surface area contributed by atoms with Gasteiger partial charge in [-0.2, -0.15) is 0 Å². The van der Waals surface area contributed by atoms with E-state index in [1.165, 1.54) is 16.5 Å². The average molecular weight is 308 g/mol. The molecule has 0 radical (unpaired) electrons. The van der Waals surface area contributed by atoms with Crippen LogP contribution in [-0.2, 0) is 12.8 Å². The van der Waals surface area contributed by atoms with Gasteiger partial charge >= 0.3 is 0 Å². The fourth-order valence-electron chi connectivity index (χ4n) is 3.20. The van der Waals surface area contributed by atoms with Crippen LogP contribution in [0.15, 0.2) is 29.6 Å². The Kier molecular flexibility index (Phi) is 4.33. The predicted molar refractivity (Wildman–Crippen MR) is 81.2 cm³/mol. The molecular weight excluding hydrogens is 290 g/mol. The Morgan fingerprint density at radius 2 is 2.19 bits per heavy atom. The molecule has 2 aromatic rings. The van der Waals surface area contributed by atoms with Crippen LogP contribution < -0.4 is 11.3 Å². The maximum atomic E-state index is 13.9. The normalized spacial score (nSPS) is 19.3. The largest absolute Gasteiger partial charge is 0.271 e. The summed E-state index contributed by atoms with van der Waals surface area (Å²) < 4.78 is 27.2. The van der Waals surface area contributed by atoms with Crippen molar-refractivity contribution in [1.29, 1.82) is 0 Å². The van der Waals surface area contributed by atoms with Crippen molar-refractivity contribution in [3.63, 3.8) is 0 Å². The minimum atomic E-state index is -0.803. The molecule has 1 aliphatic carbocycles. The number of nitrogens with two attached hydrogens (primary N) is 1. The zero-order chi connectivity index (χ0) is 14.8. The lowest BCUT2D eigenvalue weighted by Crippen LogP contribution is -2.42. The molecule has 0 spiro atoms. The van der Waals surface area contributed by atoms with Gasteiger partial charge in [0.15, 0.2) is 11.6 Å². The minimum absolute atomic E-state index is 0.0880. The van der Waals surface area contributed by atoms with E-state index in [1.54, 1.807) is 17.4 Å². The first-order valence-corrected chi connectivity index (χ1v) is 8.04. The highest BCUT2D eigenvalue weighted by Gasteiger charge is 2.29. The van der Waals surface area contributed by atoms with Gasteiger partial charge < -0.3 is 0 Å². The Balaban J connectivity index is 1.85. The van der Waals surface area contributed by atoms with Crippen LogP contribution in [0.3, 0.4) is 0 Å². The molecule has 3 N–H and O–H groups in total. The summed E-state index contributed by atoms with van der Waals surface area (Å²) in [6.45, 7) is 0. The van der Waals surface area contributed by atoms with Gasteiger partial charge in [-0.1, -0.05) is 12.1 Å². The summed E-state index contributed by atoms with van der Waals surface area (Å²) in [5.74, 6) is 4.39. The Labute approximate surface area is 127 Å². The number of halogens is 2. The number of benzene rings is 1. The average Bonchev–Trinajstić information content (AvgIpc) is 2.97. The standard InChI is InChI=1S/C16H18F2N2S/c17-13-5-1-3-10(16(13)18)9-14(20-19)11-4-2-6-15-12(11)7-8-21-15/h1,3,5,7-8,11,14,20H,2,4,6,9,19H2. The van der Waals surface area contributed by atoms with Crippen molar-refractivity contribution in [1.82, 2.24) is 5.43 Å². The van der Waals surface area contributed by atoms with E-state index >= 15 is 0 Å². The molecule has 0 fully saturated rings. The van der Waals surface area contributed by atoms with Crippen LogP contribution in [0, 0.1) is 11.6 Å². The van der Waals surface area contributed by atoms with Gasteiger partial charge in [-0.3, -0.25) is 11.3 Å². The third-order valence-electron chi connectivity index (χ3n) is 4.27. The Morgan fingerprint density at radius 3 is 3.00 bits per heavy atom. The van der Waals surface area contributed by atoms with Crippen molar-refractivity contribution in [2.45, 2.75) is 37.6 Å². The molecule has 1 aromatic heterocycles. The number of nitrogens with one attached hydrogen (secondary N) is 1. The summed E-state index contributed by atoms with van der Waals surface area (Å²) in [5, 5.41) is 2.10. The van der Waals surface area contributed by atoms with E-state index in [9.17, 15) is 8.78 Å². The number of fused-ring (bicyclic) bond motifs is 1. The highest BCUT2D eigenvalue weighted by Crippen LogP contribution is 2.37. The molecule has 2 atom stereocenters. The first-order valence-electron chi connectivity index (χ1n) is 7.16. The predicted octanol–water partition coefficient (Wildman–Crippen LogP) is 3.52. The number of hydrogen-bond acceptors (Lipinski definition) is 3. The van der Waals surface area contributed by atoms with E-state index in [4.69, 9.17) is 5.84 Å². The SMILES string of the molecule is NNC(Cc1cccc(F)c1F)C1CCCc2sccc21. The first-order chi connectivity index (χ1) is 10.2. The molecule has 5 heteroatoms. The van der Waals surface area contributed by atoms with Crippen LogP contribution >= 0.6 is 11.3 Å². The zero-order valence-corrected chi connectivity index (χ0v) is 12.4. The second-order valence-electron chi connectivity index (χ2n) is 5.49. The summed E-state index contributed by atoms with van der Waals surface area (Å²) in [6.07, 6.45) is 3.63. The van der Waals surface area contributed by atoms with Crippen molar-refractivity contribution in [3.8, 4) is 0 Å². The first kappa shape index (κ1) is 14.6. The minimum Gasteiger partial charge on any atom is -0.271 e. The molecule has 2 nitrogen and oxygen atoms in total. The lowest BCUT2D eigenvalue weighted by Gasteiger charge is -2.30. The number of thiophene rings is 1. The highest BCUT2D eigenvalue weighted by molar-refractivity contribution is 7.10. The van der Waals surface area contributed by atoms with Crippen LogP contribution in [-0.4, -0.2) is 6.04 Å². The molecule has 112 valence electrons. The van der Waals surface area contributed by atoms with Gasteiger partial charge in [-0.25, -0.2) is 8.78 Å². The Bertz CT molecular complexity index is 626. The van der Waals surface area contributed by atoms with E-state index in [0.29, 0.717) is 12.0 Å². The van der Waals surface area contributed by atoms with Crippen molar-refractivity contribution in [3.05, 3.63) is 57.3 Å². The van der Waals surface area contributed by atoms with E-state index in [1.807, 2.05) is 0 Å². The lowest BCUT2D eigenvalue weighted by atomic mass is 9.80. The van der Waals surface area contributed by atoms with Crippen LogP contribution in [0.1, 0.15) is 34.8 Å². The second-order valence-corrected chi connectivity index (χ2v) is 6.49. The monoisotopic (exact) mass is 308 g/mol. The topological polar surface area (TPSA) is 38.0 Å². The molecule has 0 bridgehead atoms. The van der Waals surface area contributed by atoms with E-state index < -0.39 is 11.6 Å². The van der Waals surface area contributed by atoms with Crippen LogP contribution in [0.25, 0.3) is 0 Å². The number of aryl methyl sites for hydroxylation is 1. The summed E-state index contributed by atoms with van der Waals surface area (Å²) in [5.41, 5.74) is 4.50. The van der Waals surface area contributed by atoms with Gasteiger partial charge in [-0.15, -0.1) is 11.3 Å². The van der Waals surface area contributed by atoms with Gasteiger partial charge in [0.05, 0.1) is 0 Å². The van der Waals surface area contributed by atoms with Gasteiger partial charge in [0.25, 0.3) is 0 Å². The van der Waals surface area contributed by atoms with E-state index in [-0.39, 0.29) is 12.0 Å². The summed E-state index contributed by atoms with van der Waals surface area (Å²) in [7, 11) is 0. The highest BCUT2D eigenvalue weighted by atomic mass is 32.1. The van der Waals surface area contributed by atoms with Crippen molar-refractivity contribution >= 4 is 11.3 Å². The molecule has 0 aliphatic heterocycles. The van der Waals surface area contributed by atoms with Crippen molar-refractivity contribution in [2.24, 2.45) is 5.84 Å². The van der Waals surface area contributed by atoms with Gasteiger partial charge in [-0.05, 0) is 54.3 Å². The van der Waals surface area contributed by atoms with Gasteiger partial charge in [0.1, 0.15) is 0 Å². The quantitative estimate of drug-likeness (QED) is 0.670. The maximum Gasteiger partial charge on any atom is 0.162 e. The molecule has 2 unspecified atom stereocenters. The van der Waals surface area contributed by atoms with Crippen molar-refractivity contribution < 1.29 is 8.78 Å². The fraction of sp³-hybridized carbons (Fsp3) is 0.375. The number of hydrogen-bond donors (Lipinski definition) is 2. The van der Waals surface area contributed by atoms with Crippen LogP contribution in [0.5, 0.6) is 0 Å². The molecule has 0 saturated heterocycles. The molecule has 3 rings (SSSR count). The van der Waals surface area contributed by atoms with Crippen LogP contribution in [0.4, 0.5) is 8.78 Å². The molecule has 1 aliphatic rings. The fourth-order valence-corrected chi connectivity index (χ4v) is 4.20. The third-order valence-corrected chi connectivity index (χ3v) is 5.27. The molecule has 21 heavy (non-hydrogen) atoms. The Hall–Kier alpha value is -1.30. The summed E-state index contributed by atoms with van der Waals surface area (Å²) >= 11 is 1.77. The molecule has 1 aromatic carbocycles. The smallest absolute Gasteiger partial charge is 0.162 e.